The van der Waals surface area contributed by atoms with Crippen molar-refractivity contribution in [3.05, 3.63) is 11.5 Å². The molecule has 1 heterocycles. The highest BCUT2D eigenvalue weighted by molar-refractivity contribution is 7.94. The van der Waals surface area contributed by atoms with Crippen LogP contribution in [0.4, 0.5) is 0 Å². The van der Waals surface area contributed by atoms with Gasteiger partial charge in [-0.25, -0.2) is 8.42 Å². The van der Waals surface area contributed by atoms with E-state index in [0.29, 0.717) is 0 Å². The fraction of sp³-hybridized carbons (Fsp3) is 0.500. The highest BCUT2D eigenvalue weighted by atomic mass is 35.5. The molecule has 0 bridgehead atoms. The number of hydrogen-bond donors (Lipinski definition) is 1. The third-order valence-electron chi connectivity index (χ3n) is 0.958. The first-order valence-corrected chi connectivity index (χ1v) is 3.98. The smallest absolute Gasteiger partial charge is 0.173 e. The maximum atomic E-state index is 10.5. The van der Waals surface area contributed by atoms with E-state index in [1.54, 1.807) is 0 Å². The van der Waals surface area contributed by atoms with Gasteiger partial charge in [-0.2, -0.15) is 0 Å². The van der Waals surface area contributed by atoms with Crippen LogP contribution >= 0.6 is 0 Å². The van der Waals surface area contributed by atoms with E-state index in [9.17, 15) is 8.42 Å². The van der Waals surface area contributed by atoms with Crippen molar-refractivity contribution in [3.8, 4) is 0 Å². The number of sulfone groups is 1. The van der Waals surface area contributed by atoms with Gasteiger partial charge >= 0.3 is 0 Å². The lowest BCUT2D eigenvalue weighted by atomic mass is 10.4. The summed E-state index contributed by atoms with van der Waals surface area (Å²) in [6.07, 6.45) is 1.50. The summed E-state index contributed by atoms with van der Waals surface area (Å²) in [6.45, 7) is 0. The molecule has 3 nitrogen and oxygen atoms in total. The molecule has 2 N–H and O–H groups in total. The van der Waals surface area contributed by atoms with E-state index >= 15 is 0 Å². The van der Waals surface area contributed by atoms with Crippen molar-refractivity contribution in [2.24, 2.45) is 5.73 Å². The van der Waals surface area contributed by atoms with E-state index in [4.69, 9.17) is 5.73 Å². The average molecular weight is 169 g/mol. The Morgan fingerprint density at radius 2 is 2.11 bits per heavy atom. The summed E-state index contributed by atoms with van der Waals surface area (Å²) >= 11 is 0. The quantitative estimate of drug-likeness (QED) is 0.405. The summed E-state index contributed by atoms with van der Waals surface area (Å²) in [5, 5.41) is 1.16. The predicted octanol–water partition coefficient (Wildman–Crippen LogP) is -3.74. The van der Waals surface area contributed by atoms with Crippen molar-refractivity contribution < 1.29 is 20.8 Å². The zero-order chi connectivity index (χ0) is 6.20. The number of halogens is 1. The molecule has 0 saturated heterocycles. The first kappa shape index (κ1) is 8.94. The largest absolute Gasteiger partial charge is 1.00 e. The van der Waals surface area contributed by atoms with Crippen LogP contribution in [0.15, 0.2) is 11.5 Å². The Labute approximate surface area is 60.3 Å². The third-order valence-corrected chi connectivity index (χ3v) is 2.38. The average Bonchev–Trinajstić information content (AvgIpc) is 1.82. The standard InChI is InChI=1S/C4H7NO2S.ClH/c5-4-1-2-8(6,7)3-4;/h1-2,4H,3,5H2;1H/p-1. The van der Waals surface area contributed by atoms with E-state index in [1.807, 2.05) is 0 Å². The minimum atomic E-state index is -2.90. The molecule has 0 saturated carbocycles. The SMILES string of the molecule is NC1C=CS(=O)(=O)C1.[Cl-]. The fourth-order valence-electron chi connectivity index (χ4n) is 0.600. The zero-order valence-corrected chi connectivity index (χ0v) is 6.19. The first-order chi connectivity index (χ1) is 3.60. The molecule has 5 heteroatoms. The second-order valence-corrected chi connectivity index (χ2v) is 3.75. The van der Waals surface area contributed by atoms with E-state index < -0.39 is 9.84 Å². The van der Waals surface area contributed by atoms with Gasteiger partial charge in [-0.3, -0.25) is 0 Å². The van der Waals surface area contributed by atoms with Crippen LogP contribution in [-0.2, 0) is 9.84 Å². The van der Waals surface area contributed by atoms with Crippen LogP contribution in [0.3, 0.4) is 0 Å². The Morgan fingerprint density at radius 3 is 2.22 bits per heavy atom. The van der Waals surface area contributed by atoms with Crippen molar-refractivity contribution in [2.75, 3.05) is 5.75 Å². The van der Waals surface area contributed by atoms with Crippen molar-refractivity contribution in [3.63, 3.8) is 0 Å². The van der Waals surface area contributed by atoms with Crippen molar-refractivity contribution in [1.82, 2.24) is 0 Å². The summed E-state index contributed by atoms with van der Waals surface area (Å²) in [4.78, 5) is 0. The van der Waals surface area contributed by atoms with Crippen LogP contribution in [0, 0.1) is 0 Å². The summed E-state index contributed by atoms with van der Waals surface area (Å²) in [7, 11) is -2.90. The molecule has 1 aliphatic heterocycles. The van der Waals surface area contributed by atoms with E-state index in [2.05, 4.69) is 0 Å². The molecule has 0 amide bonds. The summed E-state index contributed by atoms with van der Waals surface area (Å²) in [6, 6.07) is -0.278. The van der Waals surface area contributed by atoms with Gasteiger partial charge in [0.2, 0.25) is 0 Å². The molecule has 0 aliphatic carbocycles. The van der Waals surface area contributed by atoms with Gasteiger partial charge in [0.1, 0.15) is 0 Å². The topological polar surface area (TPSA) is 60.2 Å². The van der Waals surface area contributed by atoms with Crippen LogP contribution in [0.25, 0.3) is 0 Å². The number of hydrogen-bond acceptors (Lipinski definition) is 3. The van der Waals surface area contributed by atoms with E-state index in [-0.39, 0.29) is 24.2 Å². The Bertz CT molecular complexity index is 209. The van der Waals surface area contributed by atoms with Gasteiger partial charge in [0.15, 0.2) is 9.84 Å². The van der Waals surface area contributed by atoms with Crippen LogP contribution in [0.1, 0.15) is 0 Å². The highest BCUT2D eigenvalue weighted by Gasteiger charge is 2.16. The molecule has 9 heavy (non-hydrogen) atoms. The van der Waals surface area contributed by atoms with Gasteiger partial charge in [0, 0.05) is 11.4 Å². The van der Waals surface area contributed by atoms with Crippen LogP contribution in [0.2, 0.25) is 0 Å². The molecule has 54 valence electrons. The van der Waals surface area contributed by atoms with Crippen molar-refractivity contribution in [1.29, 1.82) is 0 Å². The first-order valence-electron chi connectivity index (χ1n) is 2.27. The van der Waals surface area contributed by atoms with Gasteiger partial charge in [-0.1, -0.05) is 6.08 Å². The zero-order valence-electron chi connectivity index (χ0n) is 4.62. The Hall–Kier alpha value is -0.0600. The lowest BCUT2D eigenvalue weighted by Gasteiger charge is -1.91. The summed E-state index contributed by atoms with van der Waals surface area (Å²) in [5.74, 6) is 0.0764. The van der Waals surface area contributed by atoms with Crippen LogP contribution < -0.4 is 18.1 Å². The van der Waals surface area contributed by atoms with E-state index in [1.165, 1.54) is 6.08 Å². The molecule has 0 aromatic carbocycles. The minimum Gasteiger partial charge on any atom is -1.00 e. The molecular formula is C4H7ClNO2S-. The monoisotopic (exact) mass is 168 g/mol. The van der Waals surface area contributed by atoms with E-state index in [0.717, 1.165) is 5.41 Å². The molecule has 0 aromatic rings. The molecule has 1 rings (SSSR count). The second kappa shape index (κ2) is 2.68. The Morgan fingerprint density at radius 1 is 1.56 bits per heavy atom. The third kappa shape index (κ3) is 2.34. The Kier molecular flexibility index (Phi) is 2.66. The molecule has 0 fully saturated rings. The lowest BCUT2D eigenvalue weighted by molar-refractivity contribution is -0.00000422. The molecule has 0 aromatic heterocycles. The Balaban J connectivity index is 0.000000640. The highest BCUT2D eigenvalue weighted by Crippen LogP contribution is 2.04. The molecule has 0 radical (unpaired) electrons. The van der Waals surface area contributed by atoms with Gasteiger partial charge in [-0.05, 0) is 0 Å². The van der Waals surface area contributed by atoms with Gasteiger partial charge in [-0.15, -0.1) is 0 Å². The summed E-state index contributed by atoms with van der Waals surface area (Å²) in [5.41, 5.74) is 5.24. The molecule has 1 atom stereocenters. The normalized spacial score (nSPS) is 29.7. The van der Waals surface area contributed by atoms with Crippen LogP contribution in [-0.4, -0.2) is 20.2 Å². The second-order valence-electron chi connectivity index (χ2n) is 1.82. The molecule has 0 spiro atoms. The number of rotatable bonds is 0. The molecule has 1 aliphatic rings. The lowest BCUT2D eigenvalue weighted by Crippen LogP contribution is -3.00. The van der Waals surface area contributed by atoms with Crippen LogP contribution in [0.5, 0.6) is 0 Å². The molecular weight excluding hydrogens is 162 g/mol. The predicted molar refractivity (Wildman–Crippen MR) is 30.9 cm³/mol. The fourth-order valence-corrected chi connectivity index (χ4v) is 1.80. The number of nitrogens with two attached hydrogens (primary N) is 1. The summed E-state index contributed by atoms with van der Waals surface area (Å²) < 4.78 is 20.9. The van der Waals surface area contributed by atoms with Gasteiger partial charge in [0.25, 0.3) is 0 Å². The van der Waals surface area contributed by atoms with Crippen molar-refractivity contribution in [2.45, 2.75) is 6.04 Å². The van der Waals surface area contributed by atoms with Crippen molar-refractivity contribution >= 4 is 9.84 Å². The minimum absolute atomic E-state index is 0. The maximum absolute atomic E-state index is 10.5. The van der Waals surface area contributed by atoms with Gasteiger partial charge in [0.05, 0.1) is 5.75 Å². The maximum Gasteiger partial charge on any atom is 0.173 e. The molecule has 1 unspecified atom stereocenters. The van der Waals surface area contributed by atoms with Gasteiger partial charge < -0.3 is 18.1 Å².